The highest BCUT2D eigenvalue weighted by Gasteiger charge is 2.27. The summed E-state index contributed by atoms with van der Waals surface area (Å²) in [5.41, 5.74) is 0. The molecule has 1 saturated carbocycles. The van der Waals surface area contributed by atoms with Crippen molar-refractivity contribution in [1.29, 1.82) is 0 Å². The molecule has 1 aliphatic rings. The zero-order chi connectivity index (χ0) is 14.8. The molecule has 1 aromatic rings. The molecule has 0 spiro atoms. The van der Waals surface area contributed by atoms with Crippen molar-refractivity contribution >= 4 is 33.2 Å². The van der Waals surface area contributed by atoms with Gasteiger partial charge in [-0.05, 0) is 30.9 Å². The van der Waals surface area contributed by atoms with Crippen molar-refractivity contribution in [2.45, 2.75) is 37.0 Å². The molecule has 20 heavy (non-hydrogen) atoms. The van der Waals surface area contributed by atoms with Crippen molar-refractivity contribution in [3.05, 3.63) is 28.2 Å². The molecule has 3 nitrogen and oxygen atoms in total. The van der Waals surface area contributed by atoms with Gasteiger partial charge in [0.15, 0.2) is 0 Å². The molecule has 0 aliphatic heterocycles. The van der Waals surface area contributed by atoms with E-state index in [4.69, 9.17) is 23.2 Å². The Morgan fingerprint density at radius 2 is 1.85 bits per heavy atom. The summed E-state index contributed by atoms with van der Waals surface area (Å²) in [4.78, 5) is 0.0879. The fourth-order valence-corrected chi connectivity index (χ4v) is 4.66. The Labute approximate surface area is 130 Å². The van der Waals surface area contributed by atoms with Crippen LogP contribution in [0.2, 0.25) is 10.0 Å². The Balaban J connectivity index is 2.18. The molecule has 112 valence electrons. The van der Waals surface area contributed by atoms with Crippen LogP contribution in [-0.2, 0) is 10.0 Å². The lowest BCUT2D eigenvalue weighted by atomic mass is 9.89. The van der Waals surface area contributed by atoms with Crippen LogP contribution in [0.1, 0.15) is 32.1 Å². The number of hydrogen-bond acceptors (Lipinski definition) is 2. The Morgan fingerprint density at radius 1 is 1.20 bits per heavy atom. The molecule has 6 heteroatoms. The van der Waals surface area contributed by atoms with Crippen LogP contribution in [0, 0.1) is 5.92 Å². The van der Waals surface area contributed by atoms with Gasteiger partial charge in [-0.15, -0.1) is 0 Å². The van der Waals surface area contributed by atoms with Gasteiger partial charge in [0.25, 0.3) is 0 Å². The molecule has 0 N–H and O–H groups in total. The second kappa shape index (κ2) is 6.65. The van der Waals surface area contributed by atoms with E-state index in [9.17, 15) is 8.42 Å². The summed E-state index contributed by atoms with van der Waals surface area (Å²) in [5.74, 6) is 0.446. The predicted molar refractivity (Wildman–Crippen MR) is 82.9 cm³/mol. The van der Waals surface area contributed by atoms with Gasteiger partial charge in [0.1, 0.15) is 4.90 Å². The van der Waals surface area contributed by atoms with Crippen molar-refractivity contribution in [3.63, 3.8) is 0 Å². The monoisotopic (exact) mass is 335 g/mol. The number of rotatable bonds is 4. The third kappa shape index (κ3) is 3.48. The van der Waals surface area contributed by atoms with E-state index in [1.807, 2.05) is 0 Å². The fourth-order valence-electron chi connectivity index (χ4n) is 2.68. The molecule has 0 unspecified atom stereocenters. The summed E-state index contributed by atoms with van der Waals surface area (Å²) < 4.78 is 26.5. The molecule has 2 rings (SSSR count). The lowest BCUT2D eigenvalue weighted by Crippen LogP contribution is -2.32. The summed E-state index contributed by atoms with van der Waals surface area (Å²) in [6, 6.07) is 4.69. The normalized spacial score (nSPS) is 17.6. The van der Waals surface area contributed by atoms with Crippen LogP contribution < -0.4 is 0 Å². The smallest absolute Gasteiger partial charge is 0.207 e. The van der Waals surface area contributed by atoms with Gasteiger partial charge in [0.2, 0.25) is 10.0 Å². The van der Waals surface area contributed by atoms with Gasteiger partial charge in [0, 0.05) is 13.6 Å². The number of hydrogen-bond donors (Lipinski definition) is 0. The van der Waals surface area contributed by atoms with Crippen LogP contribution in [0.5, 0.6) is 0 Å². The average Bonchev–Trinajstić information content (AvgIpc) is 2.42. The van der Waals surface area contributed by atoms with Crippen LogP contribution >= 0.6 is 23.2 Å². The standard InChI is InChI=1S/C14H19Cl2NO2S/c1-17(10-11-6-3-2-4-7-11)20(18,19)13-9-5-8-12(15)14(13)16/h5,8-9,11H,2-4,6-7,10H2,1H3. The van der Waals surface area contributed by atoms with Gasteiger partial charge in [-0.2, -0.15) is 0 Å². The van der Waals surface area contributed by atoms with Crippen molar-refractivity contribution in [3.8, 4) is 0 Å². The van der Waals surface area contributed by atoms with Crippen LogP contribution in [0.25, 0.3) is 0 Å². The summed E-state index contributed by atoms with van der Waals surface area (Å²) >= 11 is 11.9. The van der Waals surface area contributed by atoms with Crippen LogP contribution in [0.15, 0.2) is 23.1 Å². The first kappa shape index (κ1) is 16.1. The highest BCUT2D eigenvalue weighted by atomic mass is 35.5. The van der Waals surface area contributed by atoms with E-state index in [1.54, 1.807) is 19.2 Å². The van der Waals surface area contributed by atoms with E-state index >= 15 is 0 Å². The van der Waals surface area contributed by atoms with Gasteiger partial charge in [-0.25, -0.2) is 12.7 Å². The molecule has 1 aliphatic carbocycles. The lowest BCUT2D eigenvalue weighted by molar-refractivity contribution is 0.300. The summed E-state index contributed by atoms with van der Waals surface area (Å²) in [7, 11) is -1.96. The molecule has 0 aromatic heterocycles. The minimum Gasteiger partial charge on any atom is -0.207 e. The van der Waals surface area contributed by atoms with E-state index in [-0.39, 0.29) is 14.9 Å². The van der Waals surface area contributed by atoms with Gasteiger partial charge in [-0.1, -0.05) is 48.5 Å². The van der Waals surface area contributed by atoms with Crippen molar-refractivity contribution < 1.29 is 8.42 Å². The number of halogens is 2. The second-order valence-electron chi connectivity index (χ2n) is 5.34. The van der Waals surface area contributed by atoms with E-state index in [0.717, 1.165) is 12.8 Å². The number of benzene rings is 1. The number of nitrogens with zero attached hydrogens (tertiary/aromatic N) is 1. The van der Waals surface area contributed by atoms with E-state index < -0.39 is 10.0 Å². The molecule has 0 heterocycles. The highest BCUT2D eigenvalue weighted by Crippen LogP contribution is 2.32. The zero-order valence-electron chi connectivity index (χ0n) is 11.5. The highest BCUT2D eigenvalue weighted by molar-refractivity contribution is 7.89. The fraction of sp³-hybridized carbons (Fsp3) is 0.571. The maximum atomic E-state index is 12.6. The third-order valence-corrected chi connectivity index (χ3v) is 6.64. The van der Waals surface area contributed by atoms with Gasteiger partial charge in [0.05, 0.1) is 10.0 Å². The van der Waals surface area contributed by atoms with Crippen molar-refractivity contribution in [1.82, 2.24) is 4.31 Å². The summed E-state index contributed by atoms with van der Waals surface area (Å²) in [5, 5.41) is 0.364. The second-order valence-corrected chi connectivity index (χ2v) is 8.14. The molecule has 0 amide bonds. The largest absolute Gasteiger partial charge is 0.244 e. The van der Waals surface area contributed by atoms with Crippen molar-refractivity contribution in [2.24, 2.45) is 5.92 Å². The first-order valence-corrected chi connectivity index (χ1v) is 9.03. The molecular weight excluding hydrogens is 317 g/mol. The average molecular weight is 336 g/mol. The minimum atomic E-state index is -3.57. The van der Waals surface area contributed by atoms with Crippen LogP contribution in [0.3, 0.4) is 0 Å². The topological polar surface area (TPSA) is 37.4 Å². The minimum absolute atomic E-state index is 0.0879. The van der Waals surface area contributed by atoms with E-state index in [1.165, 1.54) is 29.6 Å². The Hall–Kier alpha value is -0.290. The Morgan fingerprint density at radius 3 is 2.50 bits per heavy atom. The van der Waals surface area contributed by atoms with Crippen LogP contribution in [-0.4, -0.2) is 26.3 Å². The molecule has 0 radical (unpaired) electrons. The quantitative estimate of drug-likeness (QED) is 0.827. The zero-order valence-corrected chi connectivity index (χ0v) is 13.8. The molecular formula is C14H19Cl2NO2S. The first-order valence-electron chi connectivity index (χ1n) is 6.83. The summed E-state index contributed by atoms with van der Waals surface area (Å²) in [6.45, 7) is 0.547. The van der Waals surface area contributed by atoms with E-state index in [2.05, 4.69) is 0 Å². The molecule has 0 atom stereocenters. The summed E-state index contributed by atoms with van der Waals surface area (Å²) in [6.07, 6.45) is 5.84. The molecule has 0 bridgehead atoms. The third-order valence-electron chi connectivity index (χ3n) is 3.84. The van der Waals surface area contributed by atoms with Gasteiger partial charge in [-0.3, -0.25) is 0 Å². The van der Waals surface area contributed by atoms with E-state index in [0.29, 0.717) is 12.5 Å². The number of sulfonamides is 1. The SMILES string of the molecule is CN(CC1CCCCC1)S(=O)(=O)c1cccc(Cl)c1Cl. The maximum absolute atomic E-state index is 12.6. The predicted octanol–water partition coefficient (Wildman–Crippen LogP) is 4.19. The first-order chi connectivity index (χ1) is 9.43. The van der Waals surface area contributed by atoms with Gasteiger partial charge < -0.3 is 0 Å². The van der Waals surface area contributed by atoms with Crippen molar-refractivity contribution in [2.75, 3.05) is 13.6 Å². The molecule has 1 aromatic carbocycles. The Kier molecular flexibility index (Phi) is 5.35. The Bertz CT molecular complexity index is 569. The molecule has 1 fully saturated rings. The lowest BCUT2D eigenvalue weighted by Gasteiger charge is -2.26. The maximum Gasteiger partial charge on any atom is 0.244 e. The van der Waals surface area contributed by atoms with Crippen LogP contribution in [0.4, 0.5) is 0 Å². The van der Waals surface area contributed by atoms with Gasteiger partial charge >= 0.3 is 0 Å². The molecule has 0 saturated heterocycles.